The van der Waals surface area contributed by atoms with Crippen LogP contribution in [0.25, 0.3) is 27.8 Å². The van der Waals surface area contributed by atoms with Crippen LogP contribution in [0.15, 0.2) is 72.8 Å². The standard InChI is InChI=1S/C32H47OP.C31H45OP.C2H4N2/c1-21(2)24-18-27(22(3)4)30(28(19-24)23(5)6)26-15-11-12-16-29(26)34-31(7,8)17-13-14-25(33)20-32(34,9)10;1-20(2)23-17-26(21(3)4)29(27(18-23)22(5)6)25-13-11-12-14-28(25)33-30(7,8)16-15-24(32)19-31(33,9)10;1-2-4-3/h11-12,15-16,18-19,21-23H,13-14,17,20H2,1-10H3;11-14,17-18,20-22H,15-16,19H2,1-10H3;2H,1H3. The Morgan fingerprint density at radius 3 is 1.10 bits per heavy atom. The van der Waals surface area contributed by atoms with Crippen molar-refractivity contribution in [3.8, 4) is 22.3 Å². The minimum atomic E-state index is -0.572. The van der Waals surface area contributed by atoms with Gasteiger partial charge in [-0.15, -0.1) is 0 Å². The maximum atomic E-state index is 12.8. The fraction of sp³-hybridized carbons (Fsp3) is 0.585. The van der Waals surface area contributed by atoms with Crippen molar-refractivity contribution in [3.05, 3.63) is 112 Å². The molecule has 0 spiro atoms. The van der Waals surface area contributed by atoms with E-state index in [9.17, 15) is 9.59 Å². The average Bonchev–Trinajstić information content (AvgIpc) is 3.35. The highest BCUT2D eigenvalue weighted by Crippen LogP contribution is 2.65. The lowest BCUT2D eigenvalue weighted by Gasteiger charge is -2.47. The number of carbonyl (C=O) groups excluding carboxylic acids is 2. The van der Waals surface area contributed by atoms with Crippen molar-refractivity contribution in [1.29, 1.82) is 0 Å². The van der Waals surface area contributed by atoms with E-state index in [0.29, 0.717) is 59.9 Å². The average molecular weight is 999 g/mol. The Labute approximate surface area is 436 Å². The second-order valence-electron chi connectivity index (χ2n) is 25.2. The summed E-state index contributed by atoms with van der Waals surface area (Å²) in [7, 11) is -1.13. The van der Waals surface area contributed by atoms with Crippen molar-refractivity contribution in [2.75, 3.05) is 0 Å². The molecule has 2 saturated heterocycles. The van der Waals surface area contributed by atoms with Crippen LogP contribution >= 0.6 is 15.8 Å². The fourth-order valence-electron chi connectivity index (χ4n) is 11.9. The molecule has 2 atom stereocenters. The zero-order valence-electron chi connectivity index (χ0n) is 48.5. The molecule has 0 aliphatic carbocycles. The normalized spacial score (nSPS) is 19.6. The van der Waals surface area contributed by atoms with E-state index in [0.717, 1.165) is 32.1 Å². The van der Waals surface area contributed by atoms with Crippen molar-refractivity contribution < 1.29 is 14.4 Å². The SMILES string of the molecule is CC(C)c1cc(C(C)C)c(-c2ccccc2P2C(C)(C)CCC(=O)CC2(C)C)c(C(C)C)c1.CC(C)c1cc(C(C)C)c(-c2ccccc2P2C(C)(C)CCCC(=O)CC2(C)C)c(C(C)C)c1.CC=[N+]=[N-]. The summed E-state index contributed by atoms with van der Waals surface area (Å²) in [6.45, 7) is 48.7. The predicted molar refractivity (Wildman–Crippen MR) is 315 cm³/mol. The summed E-state index contributed by atoms with van der Waals surface area (Å²) in [5.41, 5.74) is 21.9. The van der Waals surface area contributed by atoms with E-state index in [-0.39, 0.29) is 20.6 Å². The van der Waals surface area contributed by atoms with Crippen molar-refractivity contribution in [2.45, 2.75) is 246 Å². The molecule has 2 aliphatic heterocycles. The van der Waals surface area contributed by atoms with Gasteiger partial charge >= 0.3 is 0 Å². The van der Waals surface area contributed by atoms with Gasteiger partial charge in [0.05, 0.1) is 0 Å². The van der Waals surface area contributed by atoms with Crippen LogP contribution in [0, 0.1) is 0 Å². The summed E-state index contributed by atoms with van der Waals surface area (Å²) in [4.78, 5) is 28.1. The monoisotopic (exact) mass is 999 g/mol. The van der Waals surface area contributed by atoms with E-state index in [1.54, 1.807) is 6.92 Å². The van der Waals surface area contributed by atoms with Gasteiger partial charge in [0, 0.05) is 32.6 Å². The highest BCUT2D eigenvalue weighted by atomic mass is 31.1. The summed E-state index contributed by atoms with van der Waals surface area (Å²) < 4.78 is 0. The molecule has 2 unspecified atom stereocenters. The topological polar surface area (TPSA) is 70.5 Å². The molecule has 2 aliphatic rings. The number of hydrogen-bond donors (Lipinski definition) is 0. The Kier molecular flexibility index (Phi) is 20.8. The van der Waals surface area contributed by atoms with E-state index >= 15 is 0 Å². The van der Waals surface area contributed by atoms with Crippen LogP contribution in [-0.2, 0) is 9.59 Å². The van der Waals surface area contributed by atoms with E-state index in [4.69, 9.17) is 5.53 Å². The van der Waals surface area contributed by atoms with Crippen LogP contribution in [0.3, 0.4) is 0 Å². The molecule has 4 aromatic rings. The third-order valence-corrected chi connectivity index (χ3v) is 22.5. The molecule has 0 radical (unpaired) electrons. The van der Waals surface area contributed by atoms with Gasteiger partial charge in [-0.05, 0) is 142 Å². The number of Topliss-reactive ketones (excluding diaryl/α,β-unsaturated/α-hetero) is 2. The minimum Gasteiger partial charge on any atom is -0.362 e. The van der Waals surface area contributed by atoms with Crippen LogP contribution in [-0.4, -0.2) is 43.2 Å². The zero-order valence-corrected chi connectivity index (χ0v) is 50.3. The fourth-order valence-corrected chi connectivity index (χ4v) is 20.5. The molecule has 388 valence electrons. The third-order valence-electron chi connectivity index (χ3n) is 15.1. The van der Waals surface area contributed by atoms with Gasteiger partial charge in [0.25, 0.3) is 6.21 Å². The largest absolute Gasteiger partial charge is 0.362 e. The zero-order chi connectivity index (χ0) is 53.6. The number of rotatable bonds is 10. The lowest BCUT2D eigenvalue weighted by Crippen LogP contribution is -2.39. The van der Waals surface area contributed by atoms with E-state index < -0.39 is 15.8 Å². The van der Waals surface area contributed by atoms with Gasteiger partial charge in [0.1, 0.15) is 11.6 Å². The molecular weight excluding hydrogens is 903 g/mol. The smallest absolute Gasteiger partial charge is 0.254 e. The molecule has 0 saturated carbocycles. The van der Waals surface area contributed by atoms with Crippen LogP contribution in [0.4, 0.5) is 0 Å². The molecule has 2 fully saturated rings. The summed E-state index contributed by atoms with van der Waals surface area (Å²) in [5, 5.41) is 3.23. The number of nitrogens with zero attached hydrogens (tertiary/aromatic N) is 2. The first-order valence-electron chi connectivity index (χ1n) is 27.2. The van der Waals surface area contributed by atoms with Crippen molar-refractivity contribution in [3.63, 3.8) is 0 Å². The number of ketones is 2. The van der Waals surface area contributed by atoms with Gasteiger partial charge in [-0.3, -0.25) is 9.59 Å². The molecule has 0 bridgehead atoms. The lowest BCUT2D eigenvalue weighted by molar-refractivity contribution is -0.120. The Hall–Kier alpha value is -3.54. The Balaban J connectivity index is 0.000000287. The number of hydrogen-bond acceptors (Lipinski definition) is 2. The highest BCUT2D eigenvalue weighted by Gasteiger charge is 2.47. The molecule has 6 heteroatoms. The Morgan fingerprint density at radius 2 is 0.789 bits per heavy atom. The van der Waals surface area contributed by atoms with Gasteiger partial charge in [-0.25, -0.2) is 0 Å². The summed E-state index contributed by atoms with van der Waals surface area (Å²) in [6, 6.07) is 28.2. The predicted octanol–water partition coefficient (Wildman–Crippen LogP) is 19.0. The summed E-state index contributed by atoms with van der Waals surface area (Å²) in [5.74, 6) is 3.71. The lowest BCUT2D eigenvalue weighted by atomic mass is 9.82. The van der Waals surface area contributed by atoms with Crippen molar-refractivity contribution >= 4 is 44.2 Å². The maximum absolute atomic E-state index is 12.8. The molecule has 6 rings (SSSR count). The Bertz CT molecular complexity index is 2450. The quantitative estimate of drug-likeness (QED) is 0.0687. The van der Waals surface area contributed by atoms with Crippen LogP contribution in [0.5, 0.6) is 0 Å². The van der Waals surface area contributed by atoms with Crippen LogP contribution in [0.1, 0.15) is 259 Å². The maximum Gasteiger partial charge on any atom is 0.254 e. The van der Waals surface area contributed by atoms with Gasteiger partial charge in [0.2, 0.25) is 0 Å². The van der Waals surface area contributed by atoms with Gasteiger partial charge in [-0.1, -0.05) is 227 Å². The van der Waals surface area contributed by atoms with E-state index in [1.807, 2.05) is 0 Å². The van der Waals surface area contributed by atoms with Gasteiger partial charge in [0.15, 0.2) is 0 Å². The number of carbonyl (C=O) groups is 2. The first kappa shape index (κ1) is 60.0. The molecule has 0 N–H and O–H groups in total. The minimum absolute atomic E-state index is 0.0175. The second-order valence-corrected chi connectivity index (χ2v) is 32.3. The molecule has 71 heavy (non-hydrogen) atoms. The van der Waals surface area contributed by atoms with Crippen molar-refractivity contribution in [2.24, 2.45) is 0 Å². The molecule has 4 nitrogen and oxygen atoms in total. The summed E-state index contributed by atoms with van der Waals surface area (Å²) >= 11 is 0. The van der Waals surface area contributed by atoms with E-state index in [2.05, 4.69) is 216 Å². The molecule has 2 heterocycles. The van der Waals surface area contributed by atoms with Crippen LogP contribution < -0.4 is 10.6 Å². The Morgan fingerprint density at radius 1 is 0.479 bits per heavy atom. The highest BCUT2D eigenvalue weighted by molar-refractivity contribution is 7.69. The van der Waals surface area contributed by atoms with Gasteiger partial charge in [-0.2, -0.15) is 4.79 Å². The van der Waals surface area contributed by atoms with E-state index in [1.165, 1.54) is 72.5 Å². The number of benzene rings is 4. The summed E-state index contributed by atoms with van der Waals surface area (Å²) in [6.07, 6.45) is 7.25. The molecule has 0 aromatic heterocycles. The second kappa shape index (κ2) is 24.7. The first-order chi connectivity index (χ1) is 32.9. The first-order valence-corrected chi connectivity index (χ1v) is 29.9. The van der Waals surface area contributed by atoms with Gasteiger partial charge < -0.3 is 5.53 Å². The molecule has 0 amide bonds. The molecular formula is C65H96N2O2P2. The van der Waals surface area contributed by atoms with Crippen molar-refractivity contribution in [1.82, 2.24) is 0 Å². The third kappa shape index (κ3) is 14.4. The molecule has 4 aromatic carbocycles. The van der Waals surface area contributed by atoms with Crippen LogP contribution in [0.2, 0.25) is 0 Å².